The molecule has 1 aliphatic heterocycles. The molecule has 1 saturated heterocycles. The molecule has 0 spiro atoms. The first-order chi connectivity index (χ1) is 7.83. The van der Waals surface area contributed by atoms with E-state index in [2.05, 4.69) is 0 Å². The fourth-order valence-corrected chi connectivity index (χ4v) is 1.96. The van der Waals surface area contributed by atoms with E-state index in [0.717, 1.165) is 6.42 Å². The summed E-state index contributed by atoms with van der Waals surface area (Å²) in [7, 11) is 0. The van der Waals surface area contributed by atoms with E-state index in [1.54, 1.807) is 4.90 Å². The van der Waals surface area contributed by atoms with Gasteiger partial charge in [0.05, 0.1) is 6.10 Å². The molecule has 100 valence electrons. The van der Waals surface area contributed by atoms with Crippen LogP contribution in [0.1, 0.15) is 33.6 Å². The predicted octanol–water partition coefficient (Wildman–Crippen LogP) is 0.987. The first-order valence-electron chi connectivity index (χ1n) is 6.10. The number of hydrogen-bond donors (Lipinski definition) is 2. The van der Waals surface area contributed by atoms with Crippen molar-refractivity contribution in [1.82, 2.24) is 4.90 Å². The summed E-state index contributed by atoms with van der Waals surface area (Å²) in [5, 5.41) is 18.5. The average molecular weight is 245 g/mol. The average Bonchev–Trinajstić information content (AvgIpc) is 2.63. The SMILES string of the molecule is CC(C)(C)OC(=O)N1CCC([C@@H](O)CCO)C1. The van der Waals surface area contributed by atoms with Crippen LogP contribution in [0.4, 0.5) is 4.79 Å². The van der Waals surface area contributed by atoms with Gasteiger partial charge in [-0.3, -0.25) is 0 Å². The number of rotatable bonds is 3. The maximum absolute atomic E-state index is 11.8. The molecule has 0 bridgehead atoms. The zero-order valence-electron chi connectivity index (χ0n) is 10.8. The van der Waals surface area contributed by atoms with E-state index in [-0.39, 0.29) is 18.6 Å². The van der Waals surface area contributed by atoms with Crippen molar-refractivity contribution in [2.75, 3.05) is 19.7 Å². The first kappa shape index (κ1) is 14.3. The minimum Gasteiger partial charge on any atom is -0.444 e. The summed E-state index contributed by atoms with van der Waals surface area (Å²) in [4.78, 5) is 13.4. The third-order valence-electron chi connectivity index (χ3n) is 2.85. The van der Waals surface area contributed by atoms with Gasteiger partial charge in [0, 0.05) is 25.6 Å². The van der Waals surface area contributed by atoms with Crippen LogP contribution in [0.3, 0.4) is 0 Å². The van der Waals surface area contributed by atoms with Gasteiger partial charge in [-0.2, -0.15) is 0 Å². The van der Waals surface area contributed by atoms with Gasteiger partial charge in [-0.1, -0.05) is 0 Å². The normalized spacial score (nSPS) is 22.6. The van der Waals surface area contributed by atoms with Crippen LogP contribution < -0.4 is 0 Å². The van der Waals surface area contributed by atoms with Crippen molar-refractivity contribution in [2.24, 2.45) is 5.92 Å². The van der Waals surface area contributed by atoms with Gasteiger partial charge in [0.25, 0.3) is 0 Å². The third kappa shape index (κ3) is 4.52. The molecule has 1 aliphatic rings. The summed E-state index contributed by atoms with van der Waals surface area (Å²) < 4.78 is 5.27. The Bertz CT molecular complexity index is 262. The molecular formula is C12H23NO4. The van der Waals surface area contributed by atoms with Crippen molar-refractivity contribution in [3.8, 4) is 0 Å². The number of aliphatic hydroxyl groups excluding tert-OH is 2. The number of likely N-dealkylation sites (tertiary alicyclic amines) is 1. The minimum absolute atomic E-state index is 0.0237. The molecule has 2 atom stereocenters. The van der Waals surface area contributed by atoms with Crippen LogP contribution in [0, 0.1) is 5.92 Å². The van der Waals surface area contributed by atoms with Crippen molar-refractivity contribution < 1.29 is 19.7 Å². The third-order valence-corrected chi connectivity index (χ3v) is 2.85. The minimum atomic E-state index is -0.535. The number of nitrogens with zero attached hydrogens (tertiary/aromatic N) is 1. The Labute approximate surface area is 102 Å². The van der Waals surface area contributed by atoms with Gasteiger partial charge >= 0.3 is 6.09 Å². The second-order valence-corrected chi connectivity index (χ2v) is 5.55. The summed E-state index contributed by atoms with van der Waals surface area (Å²) in [6.07, 6.45) is 0.274. The highest BCUT2D eigenvalue weighted by Crippen LogP contribution is 2.23. The molecule has 1 fully saturated rings. The topological polar surface area (TPSA) is 70.0 Å². The fourth-order valence-electron chi connectivity index (χ4n) is 1.96. The lowest BCUT2D eigenvalue weighted by Gasteiger charge is -2.25. The largest absolute Gasteiger partial charge is 0.444 e. The van der Waals surface area contributed by atoms with Crippen LogP contribution in [0.15, 0.2) is 0 Å². The van der Waals surface area contributed by atoms with E-state index >= 15 is 0 Å². The summed E-state index contributed by atoms with van der Waals surface area (Å²) in [6.45, 7) is 6.60. The smallest absolute Gasteiger partial charge is 0.410 e. The monoisotopic (exact) mass is 245 g/mol. The standard InChI is InChI=1S/C12H23NO4/c1-12(2,3)17-11(16)13-6-4-9(8-13)10(15)5-7-14/h9-10,14-15H,4-8H2,1-3H3/t9?,10-/m0/s1. The quantitative estimate of drug-likeness (QED) is 0.778. The zero-order valence-corrected chi connectivity index (χ0v) is 10.8. The van der Waals surface area contributed by atoms with Gasteiger partial charge < -0.3 is 19.8 Å². The van der Waals surface area contributed by atoms with E-state index in [1.165, 1.54) is 0 Å². The highest BCUT2D eigenvalue weighted by atomic mass is 16.6. The zero-order chi connectivity index (χ0) is 13.1. The molecule has 0 aromatic carbocycles. The van der Waals surface area contributed by atoms with Crippen LogP contribution in [0.2, 0.25) is 0 Å². The lowest BCUT2D eigenvalue weighted by Crippen LogP contribution is -2.36. The Morgan fingerprint density at radius 2 is 2.18 bits per heavy atom. The fraction of sp³-hybridized carbons (Fsp3) is 0.917. The van der Waals surface area contributed by atoms with Crippen molar-refractivity contribution in [3.63, 3.8) is 0 Å². The van der Waals surface area contributed by atoms with Gasteiger partial charge in [0.15, 0.2) is 0 Å². The van der Waals surface area contributed by atoms with E-state index in [9.17, 15) is 9.90 Å². The van der Waals surface area contributed by atoms with E-state index < -0.39 is 11.7 Å². The van der Waals surface area contributed by atoms with Crippen LogP contribution in [-0.4, -0.2) is 52.6 Å². The second-order valence-electron chi connectivity index (χ2n) is 5.55. The predicted molar refractivity (Wildman–Crippen MR) is 63.6 cm³/mol. The molecule has 0 radical (unpaired) electrons. The highest BCUT2D eigenvalue weighted by molar-refractivity contribution is 5.68. The number of carbonyl (C=O) groups is 1. The summed E-state index contributed by atoms with van der Waals surface area (Å²) in [5.41, 5.74) is -0.487. The van der Waals surface area contributed by atoms with Gasteiger partial charge in [-0.15, -0.1) is 0 Å². The molecule has 1 rings (SSSR count). The van der Waals surface area contributed by atoms with Crippen molar-refractivity contribution in [3.05, 3.63) is 0 Å². The lowest BCUT2D eigenvalue weighted by atomic mass is 9.99. The molecule has 5 nitrogen and oxygen atoms in total. The van der Waals surface area contributed by atoms with Crippen LogP contribution >= 0.6 is 0 Å². The Kier molecular flexibility index (Phi) is 4.77. The van der Waals surface area contributed by atoms with Crippen LogP contribution in [0.5, 0.6) is 0 Å². The molecule has 1 heterocycles. The first-order valence-corrected chi connectivity index (χ1v) is 6.10. The Balaban J connectivity index is 2.42. The van der Waals surface area contributed by atoms with E-state index in [1.807, 2.05) is 20.8 Å². The summed E-state index contributed by atoms with van der Waals surface area (Å²) in [5.74, 6) is 0.0506. The molecule has 0 aromatic rings. The van der Waals surface area contributed by atoms with Crippen LogP contribution in [-0.2, 0) is 4.74 Å². The Morgan fingerprint density at radius 1 is 1.53 bits per heavy atom. The Hall–Kier alpha value is -0.810. The van der Waals surface area contributed by atoms with E-state index in [0.29, 0.717) is 19.5 Å². The molecular weight excluding hydrogens is 222 g/mol. The van der Waals surface area contributed by atoms with Crippen molar-refractivity contribution >= 4 is 6.09 Å². The second kappa shape index (κ2) is 5.69. The van der Waals surface area contributed by atoms with Gasteiger partial charge in [-0.25, -0.2) is 4.79 Å². The van der Waals surface area contributed by atoms with Gasteiger partial charge in [0.2, 0.25) is 0 Å². The number of carbonyl (C=O) groups excluding carboxylic acids is 1. The molecule has 2 N–H and O–H groups in total. The van der Waals surface area contributed by atoms with Crippen molar-refractivity contribution in [2.45, 2.75) is 45.3 Å². The molecule has 5 heteroatoms. The molecule has 0 saturated carbocycles. The molecule has 1 unspecified atom stereocenters. The van der Waals surface area contributed by atoms with Crippen LogP contribution in [0.25, 0.3) is 0 Å². The molecule has 0 aliphatic carbocycles. The van der Waals surface area contributed by atoms with E-state index in [4.69, 9.17) is 9.84 Å². The van der Waals surface area contributed by atoms with Gasteiger partial charge in [-0.05, 0) is 33.6 Å². The molecule has 17 heavy (non-hydrogen) atoms. The highest BCUT2D eigenvalue weighted by Gasteiger charge is 2.32. The summed E-state index contributed by atoms with van der Waals surface area (Å²) in [6, 6.07) is 0. The molecule has 1 amide bonds. The number of hydrogen-bond acceptors (Lipinski definition) is 4. The Morgan fingerprint density at radius 3 is 2.71 bits per heavy atom. The van der Waals surface area contributed by atoms with Crippen molar-refractivity contribution in [1.29, 1.82) is 0 Å². The number of amides is 1. The maximum atomic E-state index is 11.8. The summed E-state index contributed by atoms with van der Waals surface area (Å²) >= 11 is 0. The lowest BCUT2D eigenvalue weighted by molar-refractivity contribution is 0.0261. The maximum Gasteiger partial charge on any atom is 0.410 e. The van der Waals surface area contributed by atoms with Gasteiger partial charge in [0.1, 0.15) is 5.60 Å². The number of ether oxygens (including phenoxy) is 1. The number of aliphatic hydroxyl groups is 2. The molecule has 0 aromatic heterocycles.